The second-order valence-electron chi connectivity index (χ2n) is 24.0. The fourth-order valence-corrected chi connectivity index (χ4v) is 12.7. The molecule has 2 N–H and O–H groups in total. The van der Waals surface area contributed by atoms with Crippen molar-refractivity contribution in [1.29, 1.82) is 0 Å². The number of hydrogen-bond donors (Lipinski definition) is 1. The first-order valence-electron chi connectivity index (χ1n) is 26.8. The van der Waals surface area contributed by atoms with Gasteiger partial charge < -0.3 is 5.73 Å². The molecule has 3 fully saturated rings. The normalized spacial score (nSPS) is 30.8. The Balaban J connectivity index is 0.000000537. The van der Waals surface area contributed by atoms with Gasteiger partial charge in [-0.1, -0.05) is 230 Å². The zero-order chi connectivity index (χ0) is 44.9. The molecule has 0 radical (unpaired) electrons. The Kier molecular flexibility index (Phi) is 26.4. The van der Waals surface area contributed by atoms with E-state index in [9.17, 15) is 0 Å². The predicted molar refractivity (Wildman–Crippen MR) is 270 cm³/mol. The lowest BCUT2D eigenvalue weighted by Crippen LogP contribution is -2.70. The van der Waals surface area contributed by atoms with Gasteiger partial charge in [-0.3, -0.25) is 0 Å². The van der Waals surface area contributed by atoms with Crippen LogP contribution in [0.1, 0.15) is 284 Å². The van der Waals surface area contributed by atoms with Gasteiger partial charge in [0.05, 0.1) is 0 Å². The van der Waals surface area contributed by atoms with Crippen LogP contribution in [0.15, 0.2) is 23.8 Å². The van der Waals surface area contributed by atoms with Crippen LogP contribution in [0.4, 0.5) is 0 Å². The Hall–Kier alpha value is -0.560. The van der Waals surface area contributed by atoms with E-state index < -0.39 is 0 Å². The van der Waals surface area contributed by atoms with E-state index in [1.54, 1.807) is 5.57 Å². The van der Waals surface area contributed by atoms with Crippen molar-refractivity contribution in [3.05, 3.63) is 23.8 Å². The number of hydrogen-bond acceptors (Lipinski definition) is 1. The van der Waals surface area contributed by atoms with Crippen LogP contribution in [0.5, 0.6) is 0 Å². The van der Waals surface area contributed by atoms with E-state index in [4.69, 9.17) is 5.73 Å². The fourth-order valence-electron chi connectivity index (χ4n) is 12.7. The lowest BCUT2D eigenvalue weighted by molar-refractivity contribution is -0.128. The molecular formula is C58H113N. The second kappa shape index (κ2) is 27.6. The molecule has 350 valence electrons. The van der Waals surface area contributed by atoms with Crippen LogP contribution in [0.2, 0.25) is 0 Å². The first-order chi connectivity index (χ1) is 27.7. The van der Waals surface area contributed by atoms with Gasteiger partial charge in [0.15, 0.2) is 0 Å². The molecule has 3 saturated carbocycles. The summed E-state index contributed by atoms with van der Waals surface area (Å²) in [7, 11) is 0. The highest BCUT2D eigenvalue weighted by molar-refractivity contribution is 5.32. The summed E-state index contributed by atoms with van der Waals surface area (Å²) < 4.78 is 0. The molecule has 0 bridgehead atoms. The van der Waals surface area contributed by atoms with E-state index in [1.807, 2.05) is 27.7 Å². The van der Waals surface area contributed by atoms with Crippen LogP contribution in [0, 0.1) is 57.2 Å². The Bertz CT molecular complexity index is 1130. The molecule has 1 heteroatoms. The first-order valence-corrected chi connectivity index (χ1v) is 26.8. The molecule has 1 nitrogen and oxygen atoms in total. The third kappa shape index (κ3) is 17.5. The van der Waals surface area contributed by atoms with E-state index in [-0.39, 0.29) is 11.0 Å². The highest BCUT2D eigenvalue weighted by atomic mass is 14.9. The highest BCUT2D eigenvalue weighted by Crippen LogP contribution is 2.73. The quantitative estimate of drug-likeness (QED) is 0.0906. The van der Waals surface area contributed by atoms with Crippen molar-refractivity contribution in [2.75, 3.05) is 0 Å². The Morgan fingerprint density at radius 2 is 1.25 bits per heavy atom. The van der Waals surface area contributed by atoms with Gasteiger partial charge in [0, 0.05) is 5.54 Å². The van der Waals surface area contributed by atoms with Gasteiger partial charge >= 0.3 is 0 Å². The van der Waals surface area contributed by atoms with Crippen molar-refractivity contribution < 1.29 is 0 Å². The average molecular weight is 825 g/mol. The summed E-state index contributed by atoms with van der Waals surface area (Å²) in [5.74, 6) is 5.03. The highest BCUT2D eigenvalue weighted by Gasteiger charge is 2.70. The molecular weight excluding hydrogens is 711 g/mol. The lowest BCUT2D eigenvalue weighted by atomic mass is 9.39. The Morgan fingerprint density at radius 1 is 0.729 bits per heavy atom. The SMILES string of the molecule is C=C(C)C.CC.CC(C)CCCC(C)C1CCC2(C)C1(C)CCC1C3(C)CCC(C)CC3=CCC12N.CCCCCCCCCCCCCCCC(C)CCC(C)(C)C. The molecule has 59 heavy (non-hydrogen) atoms. The van der Waals surface area contributed by atoms with Gasteiger partial charge in [0.25, 0.3) is 0 Å². The molecule has 0 aliphatic heterocycles. The molecule has 9 atom stereocenters. The minimum Gasteiger partial charge on any atom is -0.324 e. The van der Waals surface area contributed by atoms with Crippen molar-refractivity contribution in [1.82, 2.24) is 0 Å². The standard InChI is InChI=1S/C29H51N.C23H48.C4H8.C2H6/c1-20(2)9-8-10-22(4)24-13-17-28(7)27(24,6)16-14-25-26(5)15-11-21(3)19-23(26)12-18-29(25,28)30;1-6-7-8-9-10-11-12-13-14-15-16-17-18-19-22(2)20-21-23(3,4)5;1-4(2)3;1-2/h12,20-22,24-25H,8-11,13-19,30H2,1-7H3;22H,6-21H2,1-5H3;1H2,2-3H3;1-2H3. The summed E-state index contributed by atoms with van der Waals surface area (Å²) in [6.45, 7) is 41.0. The third-order valence-corrected chi connectivity index (χ3v) is 16.9. The maximum absolute atomic E-state index is 7.65. The first kappa shape index (κ1) is 56.5. The van der Waals surface area contributed by atoms with Crippen LogP contribution < -0.4 is 5.73 Å². The summed E-state index contributed by atoms with van der Waals surface area (Å²) in [6, 6.07) is 0. The molecule has 0 aromatic heterocycles. The second-order valence-corrected chi connectivity index (χ2v) is 24.0. The van der Waals surface area contributed by atoms with Crippen LogP contribution in [-0.2, 0) is 0 Å². The lowest BCUT2D eigenvalue weighted by Gasteiger charge is -2.68. The minimum absolute atomic E-state index is 0.00870. The number of allylic oxidation sites excluding steroid dienone is 2. The van der Waals surface area contributed by atoms with E-state index in [0.717, 1.165) is 36.0 Å². The molecule has 4 aliphatic rings. The molecule has 4 aliphatic carbocycles. The van der Waals surface area contributed by atoms with Crippen LogP contribution in [0.25, 0.3) is 0 Å². The number of rotatable bonds is 21. The summed E-state index contributed by atoms with van der Waals surface area (Å²) in [5, 5.41) is 0. The third-order valence-electron chi connectivity index (χ3n) is 16.9. The van der Waals surface area contributed by atoms with Gasteiger partial charge in [0.1, 0.15) is 0 Å². The van der Waals surface area contributed by atoms with Crippen molar-refractivity contribution in [2.24, 2.45) is 62.9 Å². The van der Waals surface area contributed by atoms with Gasteiger partial charge in [-0.05, 0) is 129 Å². The number of unbranched alkanes of at least 4 members (excludes halogenated alkanes) is 12. The summed E-state index contributed by atoms with van der Waals surface area (Å²) in [4.78, 5) is 0. The van der Waals surface area contributed by atoms with Crippen molar-refractivity contribution in [2.45, 2.75) is 290 Å². The van der Waals surface area contributed by atoms with Crippen LogP contribution in [0.3, 0.4) is 0 Å². The van der Waals surface area contributed by atoms with Gasteiger partial charge in [-0.15, -0.1) is 6.58 Å². The number of fused-ring (bicyclic) bond motifs is 5. The van der Waals surface area contributed by atoms with E-state index in [1.165, 1.54) is 173 Å². The molecule has 0 aromatic carbocycles. The molecule has 9 unspecified atom stereocenters. The van der Waals surface area contributed by atoms with E-state index in [0.29, 0.717) is 22.2 Å². The van der Waals surface area contributed by atoms with Crippen LogP contribution >= 0.6 is 0 Å². The molecule has 0 heterocycles. The predicted octanol–water partition coefficient (Wildman–Crippen LogP) is 19.7. The van der Waals surface area contributed by atoms with Crippen LogP contribution in [-0.4, -0.2) is 5.54 Å². The van der Waals surface area contributed by atoms with Crippen molar-refractivity contribution in [3.63, 3.8) is 0 Å². The van der Waals surface area contributed by atoms with E-state index >= 15 is 0 Å². The zero-order valence-electron chi connectivity index (χ0n) is 43.9. The van der Waals surface area contributed by atoms with Crippen molar-refractivity contribution >= 4 is 0 Å². The molecule has 0 saturated heterocycles. The maximum atomic E-state index is 7.65. The maximum Gasteiger partial charge on any atom is 0.0286 e. The fraction of sp³-hybridized carbons (Fsp3) is 0.931. The Labute approximate surface area is 374 Å². The van der Waals surface area contributed by atoms with Gasteiger partial charge in [0.2, 0.25) is 0 Å². The van der Waals surface area contributed by atoms with Gasteiger partial charge in [-0.25, -0.2) is 0 Å². The van der Waals surface area contributed by atoms with Crippen molar-refractivity contribution in [3.8, 4) is 0 Å². The molecule has 0 spiro atoms. The van der Waals surface area contributed by atoms with Gasteiger partial charge in [-0.2, -0.15) is 0 Å². The summed E-state index contributed by atoms with van der Waals surface area (Å²) in [6.07, 6.45) is 40.9. The minimum atomic E-state index is -0.00870. The smallest absolute Gasteiger partial charge is 0.0286 e. The largest absolute Gasteiger partial charge is 0.324 e. The molecule has 0 aromatic rings. The summed E-state index contributed by atoms with van der Waals surface area (Å²) in [5.41, 5.74) is 12.2. The molecule has 4 rings (SSSR count). The topological polar surface area (TPSA) is 26.0 Å². The number of nitrogens with two attached hydrogens (primary N) is 1. The zero-order valence-corrected chi connectivity index (χ0v) is 43.9. The average Bonchev–Trinajstić information content (AvgIpc) is 3.45. The monoisotopic (exact) mass is 824 g/mol. The Morgan fingerprint density at radius 3 is 1.76 bits per heavy atom. The van der Waals surface area contributed by atoms with E-state index in [2.05, 4.69) is 95.7 Å². The summed E-state index contributed by atoms with van der Waals surface area (Å²) >= 11 is 0. The molecule has 0 amide bonds.